The lowest BCUT2D eigenvalue weighted by Gasteiger charge is -2.18. The molecule has 0 bridgehead atoms. The summed E-state index contributed by atoms with van der Waals surface area (Å²) in [6, 6.07) is 19.5. The Balaban J connectivity index is 1.68. The van der Waals surface area contributed by atoms with Gasteiger partial charge in [-0.2, -0.15) is 5.10 Å². The van der Waals surface area contributed by atoms with E-state index in [1.54, 1.807) is 30.3 Å². The zero-order chi connectivity index (χ0) is 27.0. The molecule has 1 N–H and O–H groups in total. The summed E-state index contributed by atoms with van der Waals surface area (Å²) in [6.07, 6.45) is 1.64. The topological polar surface area (TPSA) is 81.1 Å². The van der Waals surface area contributed by atoms with E-state index in [4.69, 9.17) is 28.3 Å². The highest BCUT2D eigenvalue weighted by Crippen LogP contribution is 2.35. The van der Waals surface area contributed by atoms with Gasteiger partial charge in [0.1, 0.15) is 11.5 Å². The van der Waals surface area contributed by atoms with Crippen molar-refractivity contribution in [3.8, 4) is 5.69 Å². The van der Waals surface area contributed by atoms with E-state index >= 15 is 0 Å². The van der Waals surface area contributed by atoms with Crippen LogP contribution in [0.15, 0.2) is 72.8 Å². The normalized spacial score (nSPS) is 16.2. The maximum atomic E-state index is 13.8. The van der Waals surface area contributed by atoms with Crippen molar-refractivity contribution >= 4 is 50.6 Å². The van der Waals surface area contributed by atoms with Gasteiger partial charge in [0.05, 0.1) is 34.0 Å². The first-order valence-electron chi connectivity index (χ1n) is 11.7. The molecule has 0 radical (unpaired) electrons. The van der Waals surface area contributed by atoms with Crippen molar-refractivity contribution in [1.29, 1.82) is 0 Å². The first-order chi connectivity index (χ1) is 18.1. The second-order valence-electron chi connectivity index (χ2n) is 9.04. The fraction of sp³-hybridized carbons (Fsp3) is 0.143. The van der Waals surface area contributed by atoms with E-state index < -0.39 is 21.6 Å². The highest BCUT2D eigenvalue weighted by atomic mass is 35.5. The number of fused-ring (bicyclic) bond motifs is 1. The molecule has 1 amide bonds. The Kier molecular flexibility index (Phi) is 7.13. The molecule has 0 saturated carbocycles. The van der Waals surface area contributed by atoms with Gasteiger partial charge in [-0.1, -0.05) is 65.7 Å². The molecule has 10 heteroatoms. The third kappa shape index (κ3) is 5.38. The molecule has 5 rings (SSSR count). The minimum absolute atomic E-state index is 0.0697. The maximum absolute atomic E-state index is 13.8. The quantitative estimate of drug-likeness (QED) is 0.306. The minimum Gasteiger partial charge on any atom is -0.344 e. The molecule has 4 aromatic rings. The molecule has 0 aliphatic carbocycles. The summed E-state index contributed by atoms with van der Waals surface area (Å²) in [5.74, 6) is -1.54. The van der Waals surface area contributed by atoms with Gasteiger partial charge in [-0.25, -0.2) is 17.5 Å². The van der Waals surface area contributed by atoms with E-state index in [2.05, 4.69) is 5.32 Å². The van der Waals surface area contributed by atoms with Gasteiger partial charge in [-0.15, -0.1) is 0 Å². The average Bonchev–Trinajstić information content (AvgIpc) is 3.24. The van der Waals surface area contributed by atoms with Crippen LogP contribution in [-0.2, 0) is 15.6 Å². The summed E-state index contributed by atoms with van der Waals surface area (Å²) in [5.41, 5.74) is 2.97. The van der Waals surface area contributed by atoms with E-state index in [1.165, 1.54) is 22.9 Å². The second-order valence-corrected chi connectivity index (χ2v) is 12.0. The second kappa shape index (κ2) is 10.4. The largest absolute Gasteiger partial charge is 0.344 e. The van der Waals surface area contributed by atoms with Gasteiger partial charge in [-0.3, -0.25) is 4.79 Å². The van der Waals surface area contributed by atoms with E-state index in [1.807, 2.05) is 37.3 Å². The maximum Gasteiger partial charge on any atom is 0.270 e. The van der Waals surface area contributed by atoms with Crippen molar-refractivity contribution in [2.75, 3.05) is 5.75 Å². The number of hydrogen-bond donors (Lipinski definition) is 1. The minimum atomic E-state index is -3.63. The molecular weight excluding hydrogens is 548 g/mol. The summed E-state index contributed by atoms with van der Waals surface area (Å²) in [5, 5.41) is 8.30. The van der Waals surface area contributed by atoms with E-state index in [-0.39, 0.29) is 33.8 Å². The molecule has 0 fully saturated rings. The Morgan fingerprint density at radius 2 is 1.76 bits per heavy atom. The van der Waals surface area contributed by atoms with E-state index in [0.717, 1.165) is 5.56 Å². The first kappa shape index (κ1) is 26.2. The van der Waals surface area contributed by atoms with Gasteiger partial charge in [-0.05, 0) is 60.0 Å². The molecule has 0 unspecified atom stereocenters. The summed E-state index contributed by atoms with van der Waals surface area (Å²) in [7, 11) is -3.63. The number of hydrogen-bond acceptors (Lipinski definition) is 4. The van der Waals surface area contributed by atoms with Gasteiger partial charge in [0, 0.05) is 10.6 Å². The summed E-state index contributed by atoms with van der Waals surface area (Å²) in [4.78, 5) is 13.8. The Labute approximate surface area is 229 Å². The molecular formula is C28H22Cl2FN3O3S. The van der Waals surface area contributed by atoms with Gasteiger partial charge in [0.15, 0.2) is 9.84 Å². The molecule has 0 saturated heterocycles. The molecule has 1 atom stereocenters. The van der Waals surface area contributed by atoms with Crippen LogP contribution in [0.25, 0.3) is 17.3 Å². The van der Waals surface area contributed by atoms with Gasteiger partial charge in [0.2, 0.25) is 0 Å². The predicted octanol–water partition coefficient (Wildman–Crippen LogP) is 6.28. The highest BCUT2D eigenvalue weighted by Gasteiger charge is 2.35. The van der Waals surface area contributed by atoms with Crippen LogP contribution in [-0.4, -0.2) is 29.9 Å². The Morgan fingerprint density at radius 3 is 2.45 bits per heavy atom. The van der Waals surface area contributed by atoms with Crippen LogP contribution in [0.4, 0.5) is 4.39 Å². The van der Waals surface area contributed by atoms with Crippen LogP contribution >= 0.6 is 23.2 Å². The third-order valence-electron chi connectivity index (χ3n) is 6.24. The fourth-order valence-electron chi connectivity index (χ4n) is 4.44. The number of sulfone groups is 1. The number of nitrogens with one attached hydrogen (secondary N) is 1. The summed E-state index contributed by atoms with van der Waals surface area (Å²) >= 11 is 12.6. The van der Waals surface area contributed by atoms with Crippen LogP contribution < -0.4 is 5.32 Å². The summed E-state index contributed by atoms with van der Waals surface area (Å²) in [6.45, 7) is 1.84. The average molecular weight is 570 g/mol. The zero-order valence-electron chi connectivity index (χ0n) is 20.2. The molecule has 2 heterocycles. The number of carbonyl (C=O) groups excluding carboxylic acids is 1. The Morgan fingerprint density at radius 1 is 1.05 bits per heavy atom. The number of carbonyl (C=O) groups is 1. The van der Waals surface area contributed by atoms with Gasteiger partial charge < -0.3 is 5.32 Å². The van der Waals surface area contributed by atoms with Crippen molar-refractivity contribution in [3.05, 3.63) is 117 Å². The lowest BCUT2D eigenvalue weighted by molar-refractivity contribution is 0.0931. The van der Waals surface area contributed by atoms with Crippen LogP contribution in [0.2, 0.25) is 10.0 Å². The smallest absolute Gasteiger partial charge is 0.270 e. The zero-order valence-corrected chi connectivity index (χ0v) is 22.5. The fourth-order valence-corrected chi connectivity index (χ4v) is 6.44. The van der Waals surface area contributed by atoms with Crippen LogP contribution in [0.5, 0.6) is 0 Å². The monoisotopic (exact) mass is 569 g/mol. The van der Waals surface area contributed by atoms with Crippen LogP contribution in [0.3, 0.4) is 0 Å². The Hall–Kier alpha value is -3.46. The van der Waals surface area contributed by atoms with Crippen molar-refractivity contribution in [2.45, 2.75) is 18.7 Å². The number of benzene rings is 3. The van der Waals surface area contributed by atoms with Crippen LogP contribution in [0, 0.1) is 5.82 Å². The molecule has 38 heavy (non-hydrogen) atoms. The van der Waals surface area contributed by atoms with Crippen molar-refractivity contribution in [2.24, 2.45) is 0 Å². The standard InChI is InChI=1S/C28H22Cl2FN3O3S/c1-17(19-5-3-2-4-6-19)32-28(35)27-23-16-38(36,37)15-20(13-18-7-10-22(31)11-8-18)26(23)33-34(27)25-12-9-21(29)14-24(25)30/h2-14,17H,15-16H2,1H3,(H,32,35)/b20-13+/t17-/m0/s1. The van der Waals surface area contributed by atoms with Gasteiger partial charge >= 0.3 is 0 Å². The number of aromatic nitrogens is 2. The summed E-state index contributed by atoms with van der Waals surface area (Å²) < 4.78 is 40.9. The number of rotatable bonds is 5. The van der Waals surface area contributed by atoms with Crippen LogP contribution in [0.1, 0.15) is 45.8 Å². The molecule has 1 aliphatic heterocycles. The highest BCUT2D eigenvalue weighted by molar-refractivity contribution is 7.91. The van der Waals surface area contributed by atoms with E-state index in [9.17, 15) is 17.6 Å². The van der Waals surface area contributed by atoms with Crippen molar-refractivity contribution < 1.29 is 17.6 Å². The third-order valence-corrected chi connectivity index (χ3v) is 8.26. The molecule has 1 aliphatic rings. The molecule has 1 aromatic heterocycles. The number of halogens is 3. The lowest BCUT2D eigenvalue weighted by atomic mass is 10.0. The number of amides is 1. The van der Waals surface area contributed by atoms with Gasteiger partial charge in [0.25, 0.3) is 5.91 Å². The molecule has 194 valence electrons. The Bertz CT molecular complexity index is 1670. The molecule has 3 aromatic carbocycles. The SMILES string of the molecule is C[C@H](NC(=O)c1c2c(nn1-c1ccc(Cl)cc1Cl)/C(=C/c1ccc(F)cc1)CS(=O)(=O)C2)c1ccccc1. The predicted molar refractivity (Wildman–Crippen MR) is 148 cm³/mol. The lowest BCUT2D eigenvalue weighted by Crippen LogP contribution is -2.30. The molecule has 0 spiro atoms. The van der Waals surface area contributed by atoms with Crippen molar-refractivity contribution in [3.63, 3.8) is 0 Å². The van der Waals surface area contributed by atoms with E-state index in [0.29, 0.717) is 27.5 Å². The number of nitrogens with zero attached hydrogens (tertiary/aromatic N) is 2. The molecule has 6 nitrogen and oxygen atoms in total. The first-order valence-corrected chi connectivity index (χ1v) is 14.3. The van der Waals surface area contributed by atoms with Crippen molar-refractivity contribution in [1.82, 2.24) is 15.1 Å².